The van der Waals surface area contributed by atoms with Gasteiger partial charge in [-0.3, -0.25) is 0 Å². The van der Waals surface area contributed by atoms with Crippen LogP contribution < -0.4 is 9.64 Å². The molecule has 5 nitrogen and oxygen atoms in total. The van der Waals surface area contributed by atoms with Crippen LogP contribution in [0.3, 0.4) is 0 Å². The van der Waals surface area contributed by atoms with Crippen LogP contribution in [0.25, 0.3) is 0 Å². The number of nitrogens with zero attached hydrogens (tertiary/aromatic N) is 4. The Morgan fingerprint density at radius 1 is 1.08 bits per heavy atom. The molecule has 0 spiro atoms. The number of para-hydroxylation sites is 1. The Bertz CT molecular complexity index is 721. The molecule has 1 aromatic carbocycles. The number of aryl methyl sites for hydroxylation is 1. The van der Waals surface area contributed by atoms with E-state index in [1.54, 1.807) is 0 Å². The third-order valence-electron chi connectivity index (χ3n) is 5.41. The van der Waals surface area contributed by atoms with Crippen LogP contribution in [0.1, 0.15) is 25.0 Å². The summed E-state index contributed by atoms with van der Waals surface area (Å²) < 4.78 is 5.93. The van der Waals surface area contributed by atoms with E-state index < -0.39 is 0 Å². The van der Waals surface area contributed by atoms with Crippen molar-refractivity contribution in [2.24, 2.45) is 5.92 Å². The Kier molecular flexibility index (Phi) is 4.57. The lowest BCUT2D eigenvalue weighted by atomic mass is 9.84. The zero-order chi connectivity index (χ0) is 17.2. The number of piperidine rings is 2. The molecular weight excluding hydrogens is 312 g/mol. The molecule has 0 bridgehead atoms. The topological polar surface area (TPSA) is 41.5 Å². The number of aromatic nitrogens is 2. The number of likely N-dealkylation sites (tertiary alicyclic amines) is 1. The third kappa shape index (κ3) is 3.61. The van der Waals surface area contributed by atoms with Crippen LogP contribution in [0.4, 0.5) is 5.95 Å². The van der Waals surface area contributed by atoms with Crippen LogP contribution in [0.5, 0.6) is 11.6 Å². The Labute approximate surface area is 149 Å². The van der Waals surface area contributed by atoms with Crippen LogP contribution in [-0.4, -0.2) is 47.6 Å². The number of ether oxygens (including phenoxy) is 1. The largest absolute Gasteiger partial charge is 0.439 e. The van der Waals surface area contributed by atoms with Gasteiger partial charge in [-0.25, -0.2) is 4.98 Å². The first-order chi connectivity index (χ1) is 12.2. The summed E-state index contributed by atoms with van der Waals surface area (Å²) >= 11 is 0. The van der Waals surface area contributed by atoms with Gasteiger partial charge in [-0.15, -0.1) is 0 Å². The fraction of sp³-hybridized carbons (Fsp3) is 0.500. The highest BCUT2D eigenvalue weighted by atomic mass is 16.5. The van der Waals surface area contributed by atoms with Gasteiger partial charge in [0.15, 0.2) is 0 Å². The van der Waals surface area contributed by atoms with Gasteiger partial charge >= 0.3 is 0 Å². The van der Waals surface area contributed by atoms with Gasteiger partial charge in [0.2, 0.25) is 11.8 Å². The molecule has 2 saturated heterocycles. The van der Waals surface area contributed by atoms with Crippen molar-refractivity contribution < 1.29 is 4.74 Å². The van der Waals surface area contributed by atoms with Crippen LogP contribution in [-0.2, 0) is 0 Å². The van der Waals surface area contributed by atoms with E-state index in [9.17, 15) is 0 Å². The molecule has 2 atom stereocenters. The molecule has 1 aromatic heterocycles. The molecule has 2 aliphatic heterocycles. The highest BCUT2D eigenvalue weighted by Crippen LogP contribution is 2.31. The highest BCUT2D eigenvalue weighted by Gasteiger charge is 2.35. The summed E-state index contributed by atoms with van der Waals surface area (Å²) in [6, 6.07) is 12.4. The molecule has 4 rings (SSSR count). The number of hydrogen-bond donors (Lipinski definition) is 0. The molecule has 5 heteroatoms. The van der Waals surface area contributed by atoms with Crippen LogP contribution in [0.15, 0.2) is 36.4 Å². The highest BCUT2D eigenvalue weighted by molar-refractivity contribution is 5.37. The zero-order valence-electron chi connectivity index (χ0n) is 15.1. The summed E-state index contributed by atoms with van der Waals surface area (Å²) in [5, 5.41) is 0. The van der Waals surface area contributed by atoms with Crippen LogP contribution in [0.2, 0.25) is 0 Å². The number of fused-ring (bicyclic) bond motifs is 1. The molecule has 25 heavy (non-hydrogen) atoms. The lowest BCUT2D eigenvalue weighted by Crippen LogP contribution is -2.53. The van der Waals surface area contributed by atoms with Crippen molar-refractivity contribution in [3.05, 3.63) is 42.1 Å². The first-order valence-electron chi connectivity index (χ1n) is 9.23. The monoisotopic (exact) mass is 338 g/mol. The predicted molar refractivity (Wildman–Crippen MR) is 99.3 cm³/mol. The van der Waals surface area contributed by atoms with Gasteiger partial charge in [-0.1, -0.05) is 18.2 Å². The Balaban J connectivity index is 1.52. The minimum absolute atomic E-state index is 0.622. The molecule has 0 amide bonds. The molecular formula is C20H26N4O. The van der Waals surface area contributed by atoms with E-state index >= 15 is 0 Å². The van der Waals surface area contributed by atoms with E-state index in [4.69, 9.17) is 4.74 Å². The summed E-state index contributed by atoms with van der Waals surface area (Å²) in [6.07, 6.45) is 3.79. The van der Waals surface area contributed by atoms with Crippen molar-refractivity contribution in [1.82, 2.24) is 14.9 Å². The minimum Gasteiger partial charge on any atom is -0.439 e. The fourth-order valence-corrected chi connectivity index (χ4v) is 4.16. The third-order valence-corrected chi connectivity index (χ3v) is 5.41. The van der Waals surface area contributed by atoms with E-state index in [1.165, 1.54) is 25.8 Å². The lowest BCUT2D eigenvalue weighted by molar-refractivity contribution is 0.102. The number of hydrogen-bond acceptors (Lipinski definition) is 5. The van der Waals surface area contributed by atoms with Gasteiger partial charge in [-0.05, 0) is 57.8 Å². The average Bonchev–Trinajstić information content (AvgIpc) is 2.62. The molecule has 3 heterocycles. The maximum atomic E-state index is 5.93. The molecule has 2 unspecified atom stereocenters. The van der Waals surface area contributed by atoms with E-state index in [1.807, 2.05) is 43.3 Å². The molecule has 2 aliphatic rings. The van der Waals surface area contributed by atoms with Crippen molar-refractivity contribution in [2.45, 2.75) is 32.2 Å². The summed E-state index contributed by atoms with van der Waals surface area (Å²) in [5.41, 5.74) is 0.943. The first kappa shape index (κ1) is 16.3. The Morgan fingerprint density at radius 3 is 2.76 bits per heavy atom. The van der Waals surface area contributed by atoms with Gasteiger partial charge < -0.3 is 14.5 Å². The number of anilines is 1. The van der Waals surface area contributed by atoms with E-state index in [0.717, 1.165) is 42.4 Å². The molecule has 0 N–H and O–H groups in total. The summed E-state index contributed by atoms with van der Waals surface area (Å²) in [5.74, 6) is 2.95. The van der Waals surface area contributed by atoms with Crippen molar-refractivity contribution in [2.75, 3.05) is 31.6 Å². The normalized spacial score (nSPS) is 24.0. The van der Waals surface area contributed by atoms with Crippen LogP contribution in [0, 0.1) is 12.8 Å². The van der Waals surface area contributed by atoms with E-state index in [2.05, 4.69) is 26.8 Å². The minimum atomic E-state index is 0.622. The smallest absolute Gasteiger partial charge is 0.228 e. The average molecular weight is 338 g/mol. The molecule has 2 fully saturated rings. The summed E-state index contributed by atoms with van der Waals surface area (Å²) in [4.78, 5) is 14.2. The molecule has 2 aromatic rings. The second kappa shape index (κ2) is 7.00. The van der Waals surface area contributed by atoms with Gasteiger partial charge in [0, 0.05) is 30.9 Å². The molecule has 0 saturated carbocycles. The van der Waals surface area contributed by atoms with Crippen LogP contribution >= 0.6 is 0 Å². The van der Waals surface area contributed by atoms with E-state index in [-0.39, 0.29) is 0 Å². The maximum Gasteiger partial charge on any atom is 0.228 e. The Morgan fingerprint density at radius 2 is 1.92 bits per heavy atom. The van der Waals surface area contributed by atoms with Crippen molar-refractivity contribution >= 4 is 5.95 Å². The second-order valence-corrected chi connectivity index (χ2v) is 7.25. The predicted octanol–water partition coefficient (Wildman–Crippen LogP) is 3.50. The lowest BCUT2D eigenvalue weighted by Gasteiger charge is -2.46. The fourth-order valence-electron chi connectivity index (χ4n) is 4.16. The zero-order valence-corrected chi connectivity index (χ0v) is 15.1. The van der Waals surface area contributed by atoms with Crippen molar-refractivity contribution in [3.8, 4) is 11.6 Å². The van der Waals surface area contributed by atoms with Gasteiger partial charge in [0.25, 0.3) is 0 Å². The summed E-state index contributed by atoms with van der Waals surface area (Å²) in [6.45, 7) is 5.30. The molecule has 132 valence electrons. The number of rotatable bonds is 3. The van der Waals surface area contributed by atoms with Crippen molar-refractivity contribution in [3.63, 3.8) is 0 Å². The molecule has 0 radical (unpaired) electrons. The number of benzene rings is 1. The van der Waals surface area contributed by atoms with Gasteiger partial charge in [0.1, 0.15) is 5.75 Å². The van der Waals surface area contributed by atoms with Crippen molar-refractivity contribution in [1.29, 1.82) is 0 Å². The van der Waals surface area contributed by atoms with Gasteiger partial charge in [0.05, 0.1) is 0 Å². The maximum absolute atomic E-state index is 5.93. The van der Waals surface area contributed by atoms with Gasteiger partial charge in [-0.2, -0.15) is 4.98 Å². The van der Waals surface area contributed by atoms with E-state index in [0.29, 0.717) is 5.88 Å². The summed E-state index contributed by atoms with van der Waals surface area (Å²) in [7, 11) is 2.27. The second-order valence-electron chi connectivity index (χ2n) is 7.25. The molecule has 0 aliphatic carbocycles. The quantitative estimate of drug-likeness (QED) is 0.857. The SMILES string of the molecule is Cc1cc(Oc2ccccc2)nc(N2CCC3C(CCCN3C)C2)n1. The first-order valence-corrected chi connectivity index (χ1v) is 9.23. The Hall–Kier alpha value is -2.14. The standard InChI is InChI=1S/C20H26N4O/c1-15-13-19(25-17-8-4-3-5-9-17)22-20(21-15)24-12-10-18-16(14-24)7-6-11-23(18)2/h3-5,8-9,13,16,18H,6-7,10-12,14H2,1-2H3.